The summed E-state index contributed by atoms with van der Waals surface area (Å²) in [6, 6.07) is 11.6. The number of piperidine rings is 1. The van der Waals surface area contributed by atoms with E-state index in [2.05, 4.69) is 11.0 Å². The molecule has 1 aliphatic carbocycles. The lowest BCUT2D eigenvalue weighted by molar-refractivity contribution is -0.144. The van der Waals surface area contributed by atoms with Gasteiger partial charge in [-0.3, -0.25) is 14.4 Å². The largest absolute Gasteiger partial charge is 0.488 e. The van der Waals surface area contributed by atoms with E-state index in [1.165, 1.54) is 9.80 Å². The maximum atomic E-state index is 12.9. The first-order valence-electron chi connectivity index (χ1n) is 14.2. The quantitative estimate of drug-likeness (QED) is 0.385. The highest BCUT2D eigenvalue weighted by atomic mass is 32.1. The Balaban J connectivity index is 1.28. The number of benzene rings is 2. The molecule has 2 aliphatic rings. The Morgan fingerprint density at radius 1 is 1.05 bits per heavy atom. The van der Waals surface area contributed by atoms with Crippen molar-refractivity contribution in [1.29, 1.82) is 0 Å². The molecule has 42 heavy (non-hydrogen) atoms. The number of aliphatic carboxylic acids is 1. The fraction of sp³-hybridized carbons (Fsp3) is 0.438. The van der Waals surface area contributed by atoms with Gasteiger partial charge in [0.05, 0.1) is 18.2 Å². The molecule has 1 saturated heterocycles. The summed E-state index contributed by atoms with van der Waals surface area (Å²) in [6.45, 7) is 5.80. The van der Waals surface area contributed by atoms with Crippen LogP contribution in [0.25, 0.3) is 11.3 Å². The molecule has 2 heterocycles. The van der Waals surface area contributed by atoms with Crippen molar-refractivity contribution in [2.45, 2.75) is 33.3 Å². The Hall–Kier alpha value is -3.92. The van der Waals surface area contributed by atoms with Gasteiger partial charge in [-0.2, -0.15) is 0 Å². The smallest absolute Gasteiger partial charge is 0.307 e. The van der Waals surface area contributed by atoms with Crippen molar-refractivity contribution in [3.63, 3.8) is 0 Å². The summed E-state index contributed by atoms with van der Waals surface area (Å²) in [5.74, 6) is -0.159. The van der Waals surface area contributed by atoms with E-state index in [-0.39, 0.29) is 36.1 Å². The minimum atomic E-state index is -0.663. The molecule has 2 unspecified atom stereocenters. The number of hydrogen-bond donors (Lipinski definition) is 1. The Bertz CT molecular complexity index is 1490. The number of carbonyl (C=O) groups excluding carboxylic acids is 2. The maximum Gasteiger partial charge on any atom is 0.307 e. The van der Waals surface area contributed by atoms with Gasteiger partial charge in [0.2, 0.25) is 5.91 Å². The summed E-state index contributed by atoms with van der Waals surface area (Å²) in [5.41, 5.74) is 5.27. The number of amides is 2. The van der Waals surface area contributed by atoms with E-state index in [4.69, 9.17) is 9.72 Å². The Morgan fingerprint density at radius 3 is 2.40 bits per heavy atom. The van der Waals surface area contributed by atoms with Gasteiger partial charge in [-0.15, -0.1) is 11.3 Å². The van der Waals surface area contributed by atoms with Crippen LogP contribution in [0.2, 0.25) is 0 Å². The number of carboxylic acids is 1. The van der Waals surface area contributed by atoms with Gasteiger partial charge in [-0.1, -0.05) is 17.7 Å². The van der Waals surface area contributed by atoms with Crippen LogP contribution >= 0.6 is 11.3 Å². The van der Waals surface area contributed by atoms with E-state index in [9.17, 15) is 19.5 Å². The van der Waals surface area contributed by atoms with Gasteiger partial charge in [0.25, 0.3) is 5.91 Å². The third-order valence-electron chi connectivity index (χ3n) is 8.48. The third-order valence-corrected chi connectivity index (χ3v) is 9.38. The second kappa shape index (κ2) is 12.1. The molecule has 1 N–H and O–H groups in total. The number of carboxylic acid groups (broad SMARTS) is 1. The number of nitrogens with zero attached hydrogens (tertiary/aromatic N) is 4. The number of likely N-dealkylation sites (N-methyl/N-ethyl adjacent to an activating group) is 2. The zero-order valence-corrected chi connectivity index (χ0v) is 25.6. The summed E-state index contributed by atoms with van der Waals surface area (Å²) in [7, 11) is 4.96. The lowest BCUT2D eigenvalue weighted by atomic mass is 9.85. The SMILES string of the molecule is Cc1ccc(OCc2ccc(C(=O)N(C)CC(=O)N(C)C)cc2C)c(-c2csc(N3CC4CCC(C3)C4C(=O)O)n2)c1. The van der Waals surface area contributed by atoms with Crippen molar-refractivity contribution in [2.75, 3.05) is 45.7 Å². The average Bonchev–Trinajstić information content (AvgIpc) is 3.55. The van der Waals surface area contributed by atoms with Crippen LogP contribution in [0.3, 0.4) is 0 Å². The van der Waals surface area contributed by atoms with Gasteiger partial charge in [-0.05, 0) is 73.9 Å². The highest BCUT2D eigenvalue weighted by Crippen LogP contribution is 2.44. The van der Waals surface area contributed by atoms with E-state index in [0.717, 1.165) is 64.8 Å². The monoisotopic (exact) mass is 590 g/mol. The minimum Gasteiger partial charge on any atom is -0.488 e. The summed E-state index contributed by atoms with van der Waals surface area (Å²) >= 11 is 1.59. The minimum absolute atomic E-state index is 0.0199. The van der Waals surface area contributed by atoms with E-state index >= 15 is 0 Å². The molecular weight excluding hydrogens is 552 g/mol. The number of anilines is 1. The highest BCUT2D eigenvalue weighted by molar-refractivity contribution is 7.14. The number of fused-ring (bicyclic) bond motifs is 2. The first kappa shape index (κ1) is 29.6. The number of rotatable bonds is 9. The van der Waals surface area contributed by atoms with Crippen LogP contribution < -0.4 is 9.64 Å². The van der Waals surface area contributed by atoms with Crippen LogP contribution in [0.15, 0.2) is 41.8 Å². The normalized spacial score (nSPS) is 19.5. The van der Waals surface area contributed by atoms with Crippen LogP contribution in [0.1, 0.15) is 39.9 Å². The average molecular weight is 591 g/mol. The van der Waals surface area contributed by atoms with Crippen molar-refractivity contribution in [3.8, 4) is 17.0 Å². The van der Waals surface area contributed by atoms with E-state index in [0.29, 0.717) is 12.2 Å². The lowest BCUT2D eigenvalue weighted by Gasteiger charge is -2.35. The number of aromatic nitrogens is 1. The van der Waals surface area contributed by atoms with Crippen LogP contribution in [-0.2, 0) is 16.2 Å². The first-order valence-corrected chi connectivity index (χ1v) is 15.1. The number of aryl methyl sites for hydroxylation is 2. The molecule has 10 heteroatoms. The molecule has 2 fully saturated rings. The second-order valence-corrected chi connectivity index (χ2v) is 12.6. The van der Waals surface area contributed by atoms with Crippen LogP contribution in [-0.4, -0.2) is 78.5 Å². The molecule has 1 aromatic heterocycles. The van der Waals surface area contributed by atoms with E-state index < -0.39 is 5.97 Å². The van der Waals surface area contributed by atoms with Gasteiger partial charge in [0.1, 0.15) is 12.4 Å². The number of carbonyl (C=O) groups is 3. The van der Waals surface area contributed by atoms with Crippen molar-refractivity contribution in [1.82, 2.24) is 14.8 Å². The summed E-state index contributed by atoms with van der Waals surface area (Å²) in [6.07, 6.45) is 1.93. The molecule has 0 radical (unpaired) electrons. The third kappa shape index (κ3) is 6.13. The molecule has 1 saturated carbocycles. The molecule has 1 aliphatic heterocycles. The molecule has 2 atom stereocenters. The predicted molar refractivity (Wildman–Crippen MR) is 163 cm³/mol. The zero-order valence-electron chi connectivity index (χ0n) is 24.8. The fourth-order valence-electron chi connectivity index (χ4n) is 6.07. The zero-order chi connectivity index (χ0) is 30.1. The van der Waals surface area contributed by atoms with Crippen molar-refractivity contribution in [2.24, 2.45) is 17.8 Å². The molecule has 3 aromatic rings. The molecule has 9 nitrogen and oxygen atoms in total. The first-order chi connectivity index (χ1) is 20.0. The Kier molecular flexibility index (Phi) is 8.54. The topological polar surface area (TPSA) is 103 Å². The van der Waals surface area contributed by atoms with Gasteiger partial charge in [0.15, 0.2) is 5.13 Å². The van der Waals surface area contributed by atoms with Crippen LogP contribution in [0, 0.1) is 31.6 Å². The number of hydrogen-bond acceptors (Lipinski definition) is 7. The van der Waals surface area contributed by atoms with E-state index in [1.54, 1.807) is 38.5 Å². The lowest BCUT2D eigenvalue weighted by Crippen LogP contribution is -2.44. The highest BCUT2D eigenvalue weighted by Gasteiger charge is 2.46. The summed E-state index contributed by atoms with van der Waals surface area (Å²) in [5, 5.41) is 12.6. The van der Waals surface area contributed by atoms with Gasteiger partial charge >= 0.3 is 5.97 Å². The molecule has 222 valence electrons. The van der Waals surface area contributed by atoms with Gasteiger partial charge in [-0.25, -0.2) is 4.98 Å². The van der Waals surface area contributed by atoms with Crippen molar-refractivity contribution >= 4 is 34.3 Å². The molecular formula is C32H38N4O5S. The van der Waals surface area contributed by atoms with Crippen LogP contribution in [0.5, 0.6) is 5.75 Å². The fourth-order valence-corrected chi connectivity index (χ4v) is 6.91. The van der Waals surface area contributed by atoms with Gasteiger partial charge in [0, 0.05) is 50.7 Å². The molecule has 5 rings (SSSR count). The molecule has 2 amide bonds. The van der Waals surface area contributed by atoms with E-state index in [1.807, 2.05) is 43.5 Å². The molecule has 0 spiro atoms. The summed E-state index contributed by atoms with van der Waals surface area (Å²) < 4.78 is 6.32. The standard InChI is InChI=1S/C32H38N4O5S/c1-19-6-11-27(41-17-24-10-7-21(13-20(24)2)30(38)35(5)16-28(37)34(3)4)25(12-19)26-18-42-32(33-26)36-14-22-8-9-23(15-36)29(22)31(39)40/h6-7,10-13,18,22-23,29H,8-9,14-17H2,1-5H3,(H,39,40). The maximum absolute atomic E-state index is 12.9. The predicted octanol–water partition coefficient (Wildman–Crippen LogP) is 4.71. The Labute approximate surface area is 250 Å². The number of thiazole rings is 1. The second-order valence-electron chi connectivity index (χ2n) is 11.8. The number of ether oxygens (including phenoxy) is 1. The van der Waals surface area contributed by atoms with Crippen LogP contribution in [0.4, 0.5) is 5.13 Å². The summed E-state index contributed by atoms with van der Waals surface area (Å²) in [4.78, 5) is 46.8. The van der Waals surface area contributed by atoms with Crippen molar-refractivity contribution in [3.05, 3.63) is 64.0 Å². The van der Waals surface area contributed by atoms with Gasteiger partial charge < -0.3 is 24.5 Å². The molecule has 2 bridgehead atoms. The van der Waals surface area contributed by atoms with Crippen molar-refractivity contribution < 1.29 is 24.2 Å². The Morgan fingerprint density at radius 2 is 1.76 bits per heavy atom. The molecule has 2 aromatic carbocycles.